The lowest BCUT2D eigenvalue weighted by molar-refractivity contribution is -0.134. The van der Waals surface area contributed by atoms with Crippen molar-refractivity contribution in [1.29, 1.82) is 0 Å². The molecule has 1 N–H and O–H groups in total. The average Bonchev–Trinajstić information content (AvgIpc) is 3.14. The molecule has 1 atom stereocenters. The van der Waals surface area contributed by atoms with Gasteiger partial charge in [0.25, 0.3) is 5.91 Å². The number of hydrogen-bond donors (Lipinski definition) is 1. The molecule has 0 bridgehead atoms. The monoisotopic (exact) mass is 303 g/mol. The van der Waals surface area contributed by atoms with Gasteiger partial charge in [-0.25, -0.2) is 4.39 Å². The molecule has 1 saturated heterocycles. The van der Waals surface area contributed by atoms with E-state index in [0.717, 1.165) is 24.1 Å². The molecule has 22 heavy (non-hydrogen) atoms. The van der Waals surface area contributed by atoms with Gasteiger partial charge in [0.05, 0.1) is 17.9 Å². The summed E-state index contributed by atoms with van der Waals surface area (Å²) in [6, 6.07) is 6.09. The summed E-state index contributed by atoms with van der Waals surface area (Å²) >= 11 is 0. The number of nitrogens with one attached hydrogen (secondary N) is 1. The van der Waals surface area contributed by atoms with Gasteiger partial charge >= 0.3 is 0 Å². The fraction of sp³-hybridized carbons (Fsp3) is 0.375. The number of para-hydroxylation sites is 1. The highest BCUT2D eigenvalue weighted by atomic mass is 19.1. The Morgan fingerprint density at radius 1 is 1.50 bits per heavy atom. The zero-order chi connectivity index (χ0) is 15.5. The van der Waals surface area contributed by atoms with Gasteiger partial charge in [-0.2, -0.15) is 5.10 Å². The first-order valence-corrected chi connectivity index (χ1v) is 7.33. The standard InChI is InChI=1S/C16H18FN3O2/c1-11-9-18-19-16(11)13-6-4-8-20(13)15(21)10-22-14-7-3-2-5-12(14)17/h2-3,5,7,9,13H,4,6,8,10H2,1H3,(H,18,19). The van der Waals surface area contributed by atoms with E-state index in [1.54, 1.807) is 23.2 Å². The van der Waals surface area contributed by atoms with Gasteiger partial charge in [-0.05, 0) is 37.5 Å². The number of carbonyl (C=O) groups is 1. The summed E-state index contributed by atoms with van der Waals surface area (Å²) in [5.41, 5.74) is 2.01. The van der Waals surface area contributed by atoms with Gasteiger partial charge in [0.15, 0.2) is 18.2 Å². The van der Waals surface area contributed by atoms with E-state index in [4.69, 9.17) is 4.74 Å². The van der Waals surface area contributed by atoms with Crippen molar-refractivity contribution in [3.05, 3.63) is 47.5 Å². The maximum atomic E-state index is 13.5. The smallest absolute Gasteiger partial charge is 0.261 e. The number of halogens is 1. The highest BCUT2D eigenvalue weighted by Gasteiger charge is 2.32. The van der Waals surface area contributed by atoms with E-state index in [1.807, 2.05) is 6.92 Å². The molecule has 3 rings (SSSR count). The minimum absolute atomic E-state index is 0.000722. The quantitative estimate of drug-likeness (QED) is 0.944. The molecule has 0 radical (unpaired) electrons. The third-order valence-electron chi connectivity index (χ3n) is 3.96. The molecule has 2 aromatic rings. The van der Waals surface area contributed by atoms with Crippen molar-refractivity contribution in [2.75, 3.05) is 13.2 Å². The normalized spacial score (nSPS) is 17.7. The molecule has 0 saturated carbocycles. The molecule has 1 aromatic heterocycles. The summed E-state index contributed by atoms with van der Waals surface area (Å²) in [4.78, 5) is 14.2. The molecule has 1 aliphatic rings. The van der Waals surface area contributed by atoms with Crippen molar-refractivity contribution in [3.8, 4) is 5.75 Å². The fourth-order valence-electron chi connectivity index (χ4n) is 2.84. The molecular weight excluding hydrogens is 285 g/mol. The third-order valence-corrected chi connectivity index (χ3v) is 3.96. The van der Waals surface area contributed by atoms with Gasteiger partial charge in [-0.1, -0.05) is 12.1 Å². The first-order valence-electron chi connectivity index (χ1n) is 7.33. The highest BCUT2D eigenvalue weighted by Crippen LogP contribution is 2.32. The van der Waals surface area contributed by atoms with Crippen LogP contribution in [-0.4, -0.2) is 34.2 Å². The number of H-pyrrole nitrogens is 1. The largest absolute Gasteiger partial charge is 0.481 e. The van der Waals surface area contributed by atoms with Crippen molar-refractivity contribution in [3.63, 3.8) is 0 Å². The lowest BCUT2D eigenvalue weighted by Gasteiger charge is -2.24. The van der Waals surface area contributed by atoms with Crippen LogP contribution in [0.25, 0.3) is 0 Å². The van der Waals surface area contributed by atoms with Gasteiger partial charge < -0.3 is 9.64 Å². The maximum Gasteiger partial charge on any atom is 0.261 e. The average molecular weight is 303 g/mol. The number of aryl methyl sites for hydroxylation is 1. The minimum atomic E-state index is -0.460. The number of aromatic nitrogens is 2. The van der Waals surface area contributed by atoms with Gasteiger partial charge in [0.2, 0.25) is 0 Å². The number of rotatable bonds is 4. The Hall–Kier alpha value is -2.37. The second-order valence-corrected chi connectivity index (χ2v) is 5.43. The third kappa shape index (κ3) is 2.81. The van der Waals surface area contributed by atoms with Crippen LogP contribution in [0.4, 0.5) is 4.39 Å². The number of benzene rings is 1. The van der Waals surface area contributed by atoms with Crippen molar-refractivity contribution in [2.45, 2.75) is 25.8 Å². The lowest BCUT2D eigenvalue weighted by atomic mass is 10.1. The molecule has 116 valence electrons. The lowest BCUT2D eigenvalue weighted by Crippen LogP contribution is -2.35. The molecule has 0 spiro atoms. The Morgan fingerprint density at radius 3 is 3.05 bits per heavy atom. The van der Waals surface area contributed by atoms with E-state index in [2.05, 4.69) is 10.2 Å². The summed E-state index contributed by atoms with van der Waals surface area (Å²) in [7, 11) is 0. The van der Waals surface area contributed by atoms with Crippen molar-refractivity contribution in [1.82, 2.24) is 15.1 Å². The zero-order valence-corrected chi connectivity index (χ0v) is 12.4. The molecule has 1 fully saturated rings. The van der Waals surface area contributed by atoms with Crippen LogP contribution in [0, 0.1) is 12.7 Å². The maximum absolute atomic E-state index is 13.5. The van der Waals surface area contributed by atoms with Crippen LogP contribution in [-0.2, 0) is 4.79 Å². The first-order chi connectivity index (χ1) is 10.7. The Kier molecular flexibility index (Phi) is 4.09. The number of amides is 1. The second kappa shape index (κ2) is 6.17. The van der Waals surface area contributed by atoms with E-state index < -0.39 is 5.82 Å². The Morgan fingerprint density at radius 2 is 2.32 bits per heavy atom. The van der Waals surface area contributed by atoms with Crippen LogP contribution in [0.5, 0.6) is 5.75 Å². The van der Waals surface area contributed by atoms with Crippen LogP contribution < -0.4 is 4.74 Å². The number of ether oxygens (including phenoxy) is 1. The molecule has 1 aliphatic heterocycles. The predicted molar refractivity (Wildman–Crippen MR) is 78.9 cm³/mol. The highest BCUT2D eigenvalue weighted by molar-refractivity contribution is 5.78. The van der Waals surface area contributed by atoms with Gasteiger partial charge in [0, 0.05) is 6.54 Å². The second-order valence-electron chi connectivity index (χ2n) is 5.43. The summed E-state index contributed by atoms with van der Waals surface area (Å²) < 4.78 is 18.8. The number of hydrogen-bond acceptors (Lipinski definition) is 3. The predicted octanol–water partition coefficient (Wildman–Crippen LogP) is 2.60. The summed E-state index contributed by atoms with van der Waals surface area (Å²) in [6.45, 7) is 2.49. The van der Waals surface area contributed by atoms with E-state index in [0.29, 0.717) is 6.54 Å². The topological polar surface area (TPSA) is 58.2 Å². The van der Waals surface area contributed by atoms with Crippen molar-refractivity contribution >= 4 is 5.91 Å². The van der Waals surface area contributed by atoms with Gasteiger partial charge in [0.1, 0.15) is 0 Å². The van der Waals surface area contributed by atoms with Gasteiger partial charge in [-0.15, -0.1) is 0 Å². The molecule has 1 unspecified atom stereocenters. The van der Waals surface area contributed by atoms with E-state index >= 15 is 0 Å². The molecule has 2 heterocycles. The number of nitrogens with zero attached hydrogens (tertiary/aromatic N) is 2. The minimum Gasteiger partial charge on any atom is -0.481 e. The molecular formula is C16H18FN3O2. The van der Waals surface area contributed by atoms with Crippen LogP contribution >= 0.6 is 0 Å². The number of likely N-dealkylation sites (tertiary alicyclic amines) is 1. The van der Waals surface area contributed by atoms with Crippen molar-refractivity contribution < 1.29 is 13.9 Å². The van der Waals surface area contributed by atoms with E-state index in [-0.39, 0.29) is 24.3 Å². The van der Waals surface area contributed by atoms with Crippen LogP contribution in [0.3, 0.4) is 0 Å². The molecule has 1 amide bonds. The fourth-order valence-corrected chi connectivity index (χ4v) is 2.84. The van der Waals surface area contributed by atoms with Crippen LogP contribution in [0.15, 0.2) is 30.5 Å². The summed E-state index contributed by atoms with van der Waals surface area (Å²) in [5.74, 6) is -0.498. The van der Waals surface area contributed by atoms with Gasteiger partial charge in [-0.3, -0.25) is 9.89 Å². The van der Waals surface area contributed by atoms with E-state index in [1.165, 1.54) is 12.1 Å². The SMILES string of the molecule is Cc1cn[nH]c1C1CCCN1C(=O)COc1ccccc1F. The Bertz CT molecular complexity index is 671. The number of aromatic amines is 1. The van der Waals surface area contributed by atoms with Crippen molar-refractivity contribution in [2.24, 2.45) is 0 Å². The van der Waals surface area contributed by atoms with Crippen LogP contribution in [0.1, 0.15) is 30.1 Å². The summed E-state index contributed by atoms with van der Waals surface area (Å²) in [6.07, 6.45) is 3.59. The van der Waals surface area contributed by atoms with E-state index in [9.17, 15) is 9.18 Å². The molecule has 5 nitrogen and oxygen atoms in total. The first kappa shape index (κ1) is 14.6. The molecule has 0 aliphatic carbocycles. The zero-order valence-electron chi connectivity index (χ0n) is 12.4. The molecule has 1 aromatic carbocycles. The number of carbonyl (C=O) groups excluding carboxylic acids is 1. The Balaban J connectivity index is 1.67. The summed E-state index contributed by atoms with van der Waals surface area (Å²) in [5, 5.41) is 6.99. The Labute approximate surface area is 128 Å². The van der Waals surface area contributed by atoms with Crippen LogP contribution in [0.2, 0.25) is 0 Å². The molecule has 6 heteroatoms.